The fraction of sp³-hybridized carbons (Fsp3) is 0. The van der Waals surface area contributed by atoms with Gasteiger partial charge in [-0.15, -0.1) is 0 Å². The van der Waals surface area contributed by atoms with Gasteiger partial charge in [0.05, 0.1) is 0 Å². The fourth-order valence-corrected chi connectivity index (χ4v) is 2.34. The van der Waals surface area contributed by atoms with Crippen LogP contribution < -0.4 is 0 Å². The molecule has 0 aliphatic rings. The highest BCUT2D eigenvalue weighted by atomic mass is 32.2. The van der Waals surface area contributed by atoms with Crippen molar-refractivity contribution in [3.8, 4) is 11.5 Å². The van der Waals surface area contributed by atoms with Gasteiger partial charge in [-0.25, -0.2) is 8.42 Å². The van der Waals surface area contributed by atoms with Crippen molar-refractivity contribution < 1.29 is 23.2 Å². The standard InChI is InChI=1S/C10H8O5S/c11-8-5-6-3-1-2-4-7(6)10(9(8)12)16(13,14)15/h1-5,11-12H,(H,13,14,15)/p-1. The molecule has 0 saturated carbocycles. The Bertz CT molecular complexity index is 660. The number of benzene rings is 2. The monoisotopic (exact) mass is 239 g/mol. The second kappa shape index (κ2) is 3.36. The van der Waals surface area contributed by atoms with Crippen LogP contribution in [0.4, 0.5) is 0 Å². The first-order chi connectivity index (χ1) is 7.41. The molecule has 0 aromatic heterocycles. The first-order valence-electron chi connectivity index (χ1n) is 4.31. The average Bonchev–Trinajstić information content (AvgIpc) is 2.17. The summed E-state index contributed by atoms with van der Waals surface area (Å²) in [6, 6.07) is 7.27. The molecule has 0 radical (unpaired) electrons. The Morgan fingerprint density at radius 2 is 1.75 bits per heavy atom. The second-order valence-electron chi connectivity index (χ2n) is 3.25. The predicted molar refractivity (Wildman–Crippen MR) is 55.2 cm³/mol. The highest BCUT2D eigenvalue weighted by Gasteiger charge is 2.16. The zero-order valence-electron chi connectivity index (χ0n) is 7.91. The third-order valence-electron chi connectivity index (χ3n) is 2.21. The number of aromatic hydroxyl groups is 2. The third kappa shape index (κ3) is 1.58. The van der Waals surface area contributed by atoms with E-state index >= 15 is 0 Å². The zero-order chi connectivity index (χ0) is 11.9. The molecule has 0 aliphatic carbocycles. The van der Waals surface area contributed by atoms with Crippen LogP contribution in [-0.4, -0.2) is 23.2 Å². The molecular formula is C10H7O5S-. The number of hydrogen-bond donors (Lipinski definition) is 2. The van der Waals surface area contributed by atoms with E-state index in [2.05, 4.69) is 0 Å². The molecule has 2 N–H and O–H groups in total. The number of hydrogen-bond acceptors (Lipinski definition) is 5. The lowest BCUT2D eigenvalue weighted by atomic mass is 10.1. The smallest absolute Gasteiger partial charge is 0.175 e. The van der Waals surface area contributed by atoms with Crippen LogP contribution in [0.15, 0.2) is 35.2 Å². The summed E-state index contributed by atoms with van der Waals surface area (Å²) < 4.78 is 33.0. The Morgan fingerprint density at radius 3 is 2.38 bits per heavy atom. The van der Waals surface area contributed by atoms with Gasteiger partial charge in [0.1, 0.15) is 15.0 Å². The van der Waals surface area contributed by atoms with E-state index in [0.717, 1.165) is 0 Å². The van der Waals surface area contributed by atoms with Crippen LogP contribution in [0.5, 0.6) is 11.5 Å². The molecule has 5 nitrogen and oxygen atoms in total. The number of phenolic OH excluding ortho intramolecular Hbond substituents is 2. The molecule has 6 heteroatoms. The van der Waals surface area contributed by atoms with Gasteiger partial charge >= 0.3 is 0 Å². The Morgan fingerprint density at radius 1 is 1.12 bits per heavy atom. The normalized spacial score (nSPS) is 11.8. The van der Waals surface area contributed by atoms with Crippen LogP contribution in [0, 0.1) is 0 Å². The average molecular weight is 239 g/mol. The number of fused-ring (bicyclic) bond motifs is 1. The van der Waals surface area contributed by atoms with Crippen LogP contribution in [0.2, 0.25) is 0 Å². The van der Waals surface area contributed by atoms with Gasteiger partial charge in [0.25, 0.3) is 0 Å². The Hall–Kier alpha value is -1.79. The van der Waals surface area contributed by atoms with Crippen molar-refractivity contribution in [2.24, 2.45) is 0 Å². The molecule has 0 aliphatic heterocycles. The van der Waals surface area contributed by atoms with E-state index in [4.69, 9.17) is 0 Å². The van der Waals surface area contributed by atoms with Crippen molar-refractivity contribution in [1.82, 2.24) is 0 Å². The topological polar surface area (TPSA) is 97.7 Å². The van der Waals surface area contributed by atoms with Crippen LogP contribution in [-0.2, 0) is 10.1 Å². The van der Waals surface area contributed by atoms with Crippen molar-refractivity contribution in [3.05, 3.63) is 30.3 Å². The molecule has 2 aromatic carbocycles. The minimum absolute atomic E-state index is 0.0906. The summed E-state index contributed by atoms with van der Waals surface area (Å²) in [4.78, 5) is -0.789. The third-order valence-corrected chi connectivity index (χ3v) is 3.12. The highest BCUT2D eigenvalue weighted by molar-refractivity contribution is 7.86. The lowest BCUT2D eigenvalue weighted by Crippen LogP contribution is -2.00. The zero-order valence-corrected chi connectivity index (χ0v) is 8.73. The van der Waals surface area contributed by atoms with Crippen molar-refractivity contribution in [2.45, 2.75) is 4.90 Å². The number of rotatable bonds is 1. The summed E-state index contributed by atoms with van der Waals surface area (Å²) in [5, 5.41) is 19.2. The molecule has 0 heterocycles. The van der Waals surface area contributed by atoms with Crippen molar-refractivity contribution >= 4 is 20.9 Å². The fourth-order valence-electron chi connectivity index (χ4n) is 1.54. The van der Waals surface area contributed by atoms with Crippen LogP contribution in [0.25, 0.3) is 10.8 Å². The van der Waals surface area contributed by atoms with E-state index in [1.165, 1.54) is 24.3 Å². The van der Waals surface area contributed by atoms with Crippen molar-refractivity contribution in [2.75, 3.05) is 0 Å². The maximum absolute atomic E-state index is 11.0. The van der Waals surface area contributed by atoms with Gasteiger partial charge < -0.3 is 14.8 Å². The van der Waals surface area contributed by atoms with E-state index in [1.807, 2.05) is 0 Å². The maximum Gasteiger partial charge on any atom is 0.175 e. The summed E-state index contributed by atoms with van der Waals surface area (Å²) >= 11 is 0. The van der Waals surface area contributed by atoms with E-state index in [0.29, 0.717) is 5.39 Å². The van der Waals surface area contributed by atoms with E-state index in [1.54, 1.807) is 6.07 Å². The van der Waals surface area contributed by atoms with E-state index in [9.17, 15) is 23.2 Å². The second-order valence-corrected chi connectivity index (χ2v) is 4.57. The summed E-state index contributed by atoms with van der Waals surface area (Å²) in [5.74, 6) is -1.54. The van der Waals surface area contributed by atoms with Gasteiger partial charge in [-0.05, 0) is 11.5 Å². The van der Waals surface area contributed by atoms with Crippen LogP contribution >= 0.6 is 0 Å². The molecule has 2 rings (SSSR count). The first-order valence-corrected chi connectivity index (χ1v) is 5.71. The Balaban J connectivity index is 3.05. The summed E-state index contributed by atoms with van der Waals surface area (Å²) in [6.07, 6.45) is 0. The van der Waals surface area contributed by atoms with E-state index in [-0.39, 0.29) is 5.39 Å². The molecule has 2 aromatic rings. The maximum atomic E-state index is 11.0. The lowest BCUT2D eigenvalue weighted by Gasteiger charge is -2.13. The van der Waals surface area contributed by atoms with Crippen molar-refractivity contribution in [3.63, 3.8) is 0 Å². The molecular weight excluding hydrogens is 232 g/mol. The number of phenols is 2. The minimum Gasteiger partial charge on any atom is -0.744 e. The van der Waals surface area contributed by atoms with Crippen molar-refractivity contribution in [1.29, 1.82) is 0 Å². The van der Waals surface area contributed by atoms with Gasteiger partial charge in [-0.1, -0.05) is 24.3 Å². The summed E-state index contributed by atoms with van der Waals surface area (Å²) in [6.45, 7) is 0. The van der Waals surface area contributed by atoms with Crippen LogP contribution in [0.3, 0.4) is 0 Å². The van der Waals surface area contributed by atoms with Gasteiger partial charge in [0.15, 0.2) is 11.5 Å². The SMILES string of the molecule is O=S(=O)([O-])c1c(O)c(O)cc2ccccc12. The molecule has 0 amide bonds. The predicted octanol–water partition coefficient (Wildman–Crippen LogP) is 1.16. The van der Waals surface area contributed by atoms with Crippen LogP contribution in [0.1, 0.15) is 0 Å². The Kier molecular flexibility index (Phi) is 2.25. The van der Waals surface area contributed by atoms with Gasteiger partial charge in [0, 0.05) is 5.39 Å². The van der Waals surface area contributed by atoms with Gasteiger partial charge in [0.2, 0.25) is 0 Å². The largest absolute Gasteiger partial charge is 0.744 e. The lowest BCUT2D eigenvalue weighted by molar-refractivity contribution is 0.389. The Labute approximate surface area is 91.3 Å². The van der Waals surface area contributed by atoms with Gasteiger partial charge in [-0.2, -0.15) is 0 Å². The minimum atomic E-state index is -4.84. The molecule has 0 bridgehead atoms. The molecule has 84 valence electrons. The molecule has 0 atom stereocenters. The molecule has 0 fully saturated rings. The molecule has 0 saturated heterocycles. The first kappa shape index (κ1) is 10.7. The highest BCUT2D eigenvalue weighted by Crippen LogP contribution is 2.38. The van der Waals surface area contributed by atoms with Gasteiger partial charge in [-0.3, -0.25) is 0 Å². The molecule has 0 spiro atoms. The summed E-state index contributed by atoms with van der Waals surface area (Å²) in [5.41, 5.74) is 0. The molecule has 16 heavy (non-hydrogen) atoms. The summed E-state index contributed by atoms with van der Waals surface area (Å²) in [7, 11) is -4.84. The quantitative estimate of drug-likeness (QED) is 0.574. The van der Waals surface area contributed by atoms with E-state index < -0.39 is 26.5 Å². The molecule has 0 unspecified atom stereocenters.